The van der Waals surface area contributed by atoms with Gasteiger partial charge in [0.2, 0.25) is 11.9 Å². The first kappa shape index (κ1) is 24.4. The fourth-order valence-corrected chi connectivity index (χ4v) is 5.10. The second kappa shape index (κ2) is 10.7. The summed E-state index contributed by atoms with van der Waals surface area (Å²) < 4.78 is 19.5. The normalized spacial score (nSPS) is 27.2. The molecule has 3 aliphatic heterocycles. The van der Waals surface area contributed by atoms with Gasteiger partial charge in [-0.05, 0) is 38.0 Å². The molecule has 0 bridgehead atoms. The highest BCUT2D eigenvalue weighted by molar-refractivity contribution is 5.81. The second-order valence-corrected chi connectivity index (χ2v) is 10.8. The lowest BCUT2D eigenvalue weighted by molar-refractivity contribution is -0.129. The van der Waals surface area contributed by atoms with Crippen LogP contribution in [0.2, 0.25) is 0 Å². The fraction of sp³-hybridized carbons (Fsp3) is 0.875. The van der Waals surface area contributed by atoms with Gasteiger partial charge in [0, 0.05) is 63.9 Å². The van der Waals surface area contributed by atoms with Crippen LogP contribution in [0.5, 0.6) is 0 Å². The van der Waals surface area contributed by atoms with E-state index >= 15 is 0 Å². The molecule has 0 saturated carbocycles. The summed E-state index contributed by atoms with van der Waals surface area (Å²) in [6.45, 7) is 11.4. The Morgan fingerprint density at radius 2 is 1.94 bits per heavy atom. The van der Waals surface area contributed by atoms with Gasteiger partial charge in [-0.1, -0.05) is 20.8 Å². The van der Waals surface area contributed by atoms with Crippen LogP contribution in [-0.4, -0.2) is 73.3 Å². The number of hydrogen-bond donors (Lipinski definition) is 1. The maximum absolute atomic E-state index is 12.6. The molecular formula is C24H41N5O4. The van der Waals surface area contributed by atoms with Crippen LogP contribution in [0.3, 0.4) is 0 Å². The molecule has 9 heteroatoms. The minimum absolute atomic E-state index is 0.0905. The van der Waals surface area contributed by atoms with Crippen molar-refractivity contribution >= 4 is 11.9 Å². The van der Waals surface area contributed by atoms with Crippen LogP contribution in [0.25, 0.3) is 0 Å². The van der Waals surface area contributed by atoms with Gasteiger partial charge < -0.3 is 24.4 Å². The summed E-state index contributed by atoms with van der Waals surface area (Å²) in [6, 6.07) is 0.117. The molecule has 0 aromatic carbocycles. The molecule has 0 aliphatic carbocycles. The zero-order valence-corrected chi connectivity index (χ0v) is 20.7. The van der Waals surface area contributed by atoms with E-state index in [4.69, 9.17) is 14.2 Å². The molecule has 186 valence electrons. The summed E-state index contributed by atoms with van der Waals surface area (Å²) in [6.07, 6.45) is 4.99. The molecule has 0 radical (unpaired) electrons. The molecule has 1 aromatic heterocycles. The zero-order valence-electron chi connectivity index (χ0n) is 20.7. The van der Waals surface area contributed by atoms with Gasteiger partial charge in [-0.2, -0.15) is 0 Å². The first-order valence-electron chi connectivity index (χ1n) is 12.5. The Labute approximate surface area is 197 Å². The van der Waals surface area contributed by atoms with E-state index in [0.717, 1.165) is 83.3 Å². The number of hydrogen-bond acceptors (Lipinski definition) is 7. The molecule has 3 fully saturated rings. The van der Waals surface area contributed by atoms with Crippen LogP contribution in [0.15, 0.2) is 0 Å². The van der Waals surface area contributed by atoms with Crippen molar-refractivity contribution in [2.24, 2.45) is 17.3 Å². The lowest BCUT2D eigenvalue weighted by Gasteiger charge is -2.35. The standard InChI is InChI=1S/C24H41N5O4/c1-24(2,3)22(30)25-19-6-5-10-28(15-19)23-27-26-21(20-18(16-31-4)9-13-33-20)29(23)14-17-7-11-32-12-8-17/h17-20H,5-16H2,1-4H3,(H,25,30)/t18-,19?,20-/m0/s1. The first-order valence-corrected chi connectivity index (χ1v) is 12.5. The molecule has 1 unspecified atom stereocenters. The smallest absolute Gasteiger partial charge is 0.227 e. The van der Waals surface area contributed by atoms with Crippen LogP contribution in [0, 0.1) is 17.3 Å². The molecule has 3 atom stereocenters. The van der Waals surface area contributed by atoms with Crippen molar-refractivity contribution < 1.29 is 19.0 Å². The number of anilines is 1. The van der Waals surface area contributed by atoms with Crippen molar-refractivity contribution in [3.63, 3.8) is 0 Å². The lowest BCUT2D eigenvalue weighted by atomic mass is 9.94. The van der Waals surface area contributed by atoms with Crippen molar-refractivity contribution in [1.82, 2.24) is 20.1 Å². The SMILES string of the molecule is COC[C@@H]1CCO[C@@H]1c1nnc(N2CCCC(NC(=O)C(C)(C)C)C2)n1CC1CCOCC1. The molecule has 1 aromatic rings. The minimum atomic E-state index is -0.394. The van der Waals surface area contributed by atoms with Crippen molar-refractivity contribution in [3.8, 4) is 0 Å². The second-order valence-electron chi connectivity index (χ2n) is 10.8. The third-order valence-electron chi connectivity index (χ3n) is 7.11. The average molecular weight is 464 g/mol. The van der Waals surface area contributed by atoms with Crippen LogP contribution in [-0.2, 0) is 25.5 Å². The van der Waals surface area contributed by atoms with E-state index in [1.807, 2.05) is 20.8 Å². The van der Waals surface area contributed by atoms with Gasteiger partial charge in [0.15, 0.2) is 5.82 Å². The van der Waals surface area contributed by atoms with Crippen molar-refractivity contribution in [3.05, 3.63) is 5.82 Å². The van der Waals surface area contributed by atoms with E-state index < -0.39 is 5.41 Å². The maximum atomic E-state index is 12.6. The Balaban J connectivity index is 1.56. The van der Waals surface area contributed by atoms with Gasteiger partial charge in [-0.25, -0.2) is 0 Å². The number of nitrogens with zero attached hydrogens (tertiary/aromatic N) is 4. The monoisotopic (exact) mass is 463 g/mol. The predicted molar refractivity (Wildman–Crippen MR) is 125 cm³/mol. The molecule has 0 spiro atoms. The summed E-state index contributed by atoms with van der Waals surface area (Å²) in [5, 5.41) is 12.6. The Hall–Kier alpha value is -1.71. The minimum Gasteiger partial charge on any atom is -0.384 e. The van der Waals surface area contributed by atoms with Crippen molar-refractivity contribution in [2.45, 2.75) is 71.6 Å². The molecule has 3 aliphatic rings. The molecule has 33 heavy (non-hydrogen) atoms. The van der Waals surface area contributed by atoms with Gasteiger partial charge in [0.1, 0.15) is 6.10 Å². The maximum Gasteiger partial charge on any atom is 0.227 e. The summed E-state index contributed by atoms with van der Waals surface area (Å²) in [4.78, 5) is 14.9. The lowest BCUT2D eigenvalue weighted by Crippen LogP contribution is -2.51. The van der Waals surface area contributed by atoms with Crippen molar-refractivity contribution in [1.29, 1.82) is 0 Å². The van der Waals surface area contributed by atoms with Gasteiger partial charge >= 0.3 is 0 Å². The summed E-state index contributed by atoms with van der Waals surface area (Å²) in [5.41, 5.74) is -0.394. The number of carbonyl (C=O) groups is 1. The Bertz CT molecular complexity index is 786. The number of ether oxygens (including phenoxy) is 3. The first-order chi connectivity index (χ1) is 15.9. The van der Waals surface area contributed by atoms with Crippen LogP contribution in [0.4, 0.5) is 5.95 Å². The Morgan fingerprint density at radius 3 is 2.67 bits per heavy atom. The quantitative estimate of drug-likeness (QED) is 0.665. The molecule has 4 heterocycles. The molecule has 1 amide bonds. The van der Waals surface area contributed by atoms with Crippen LogP contribution >= 0.6 is 0 Å². The number of nitrogens with one attached hydrogen (secondary N) is 1. The van der Waals surface area contributed by atoms with Crippen molar-refractivity contribution in [2.75, 3.05) is 51.5 Å². The number of carbonyl (C=O) groups excluding carboxylic acids is 1. The number of methoxy groups -OCH3 is 1. The molecule has 3 saturated heterocycles. The highest BCUT2D eigenvalue weighted by atomic mass is 16.5. The van der Waals surface area contributed by atoms with Gasteiger partial charge in [0.05, 0.1) is 6.61 Å². The molecule has 9 nitrogen and oxygen atoms in total. The highest BCUT2D eigenvalue weighted by Gasteiger charge is 2.36. The van der Waals surface area contributed by atoms with Crippen LogP contribution in [0.1, 0.15) is 64.8 Å². The van der Waals surface area contributed by atoms with E-state index in [1.165, 1.54) is 0 Å². The summed E-state index contributed by atoms with van der Waals surface area (Å²) in [5.74, 6) is 2.74. The molecule has 1 N–H and O–H groups in total. The predicted octanol–water partition coefficient (Wildman–Crippen LogP) is 2.56. The van der Waals surface area contributed by atoms with Gasteiger partial charge in [-0.3, -0.25) is 9.36 Å². The van der Waals surface area contributed by atoms with E-state index in [0.29, 0.717) is 18.4 Å². The van der Waals surface area contributed by atoms with Gasteiger partial charge in [0.25, 0.3) is 0 Å². The summed E-state index contributed by atoms with van der Waals surface area (Å²) in [7, 11) is 1.74. The molecular weight excluding hydrogens is 422 g/mol. The average Bonchev–Trinajstić information content (AvgIpc) is 3.41. The van der Waals surface area contributed by atoms with Crippen LogP contribution < -0.4 is 10.2 Å². The molecule has 4 rings (SSSR count). The number of rotatable bonds is 7. The highest BCUT2D eigenvalue weighted by Crippen LogP contribution is 2.36. The van der Waals surface area contributed by atoms with E-state index in [1.54, 1.807) is 7.11 Å². The zero-order chi connectivity index (χ0) is 23.4. The van der Waals surface area contributed by atoms with E-state index in [-0.39, 0.29) is 18.1 Å². The third kappa shape index (κ3) is 5.87. The van der Waals surface area contributed by atoms with Gasteiger partial charge in [-0.15, -0.1) is 10.2 Å². The summed E-state index contributed by atoms with van der Waals surface area (Å²) >= 11 is 0. The Morgan fingerprint density at radius 1 is 1.15 bits per heavy atom. The fourth-order valence-electron chi connectivity index (χ4n) is 5.10. The Kier molecular flexibility index (Phi) is 7.91. The number of amides is 1. The van der Waals surface area contributed by atoms with E-state index in [2.05, 4.69) is 25.0 Å². The number of piperidine rings is 1. The number of aromatic nitrogens is 3. The van der Waals surface area contributed by atoms with E-state index in [9.17, 15) is 4.79 Å². The topological polar surface area (TPSA) is 90.7 Å². The third-order valence-corrected chi connectivity index (χ3v) is 7.11. The largest absolute Gasteiger partial charge is 0.384 e.